The van der Waals surface area contributed by atoms with Crippen LogP contribution in [0.4, 0.5) is 0 Å². The van der Waals surface area contributed by atoms with E-state index >= 15 is 0 Å². The monoisotopic (exact) mass is 314 g/mol. The molecule has 2 aliphatic heterocycles. The van der Waals surface area contributed by atoms with E-state index in [1.165, 1.54) is 51.4 Å². The highest BCUT2D eigenvalue weighted by atomic mass is 16.7. The van der Waals surface area contributed by atoms with E-state index in [0.717, 1.165) is 52.1 Å². The molecule has 0 spiro atoms. The van der Waals surface area contributed by atoms with Crippen LogP contribution in [0.15, 0.2) is 0 Å². The Kier molecular flexibility index (Phi) is 10.2. The topological polar surface area (TPSA) is 36.9 Å². The van der Waals surface area contributed by atoms with Crippen molar-refractivity contribution < 1.29 is 18.9 Å². The SMILES string of the molecule is C(CCCCOC1CCCCO1)CCCOC1CCCCO1. The molecule has 22 heavy (non-hydrogen) atoms. The van der Waals surface area contributed by atoms with Crippen molar-refractivity contribution in [2.24, 2.45) is 0 Å². The molecule has 2 fully saturated rings. The third-order valence-electron chi connectivity index (χ3n) is 4.42. The lowest BCUT2D eigenvalue weighted by Crippen LogP contribution is -2.22. The molecule has 130 valence electrons. The van der Waals surface area contributed by atoms with Gasteiger partial charge in [0.25, 0.3) is 0 Å². The fourth-order valence-corrected chi connectivity index (χ4v) is 3.03. The lowest BCUT2D eigenvalue weighted by atomic mass is 10.1. The Labute approximate surface area is 135 Å². The summed E-state index contributed by atoms with van der Waals surface area (Å²) in [5.74, 6) is 0. The minimum absolute atomic E-state index is 0.0768. The lowest BCUT2D eigenvalue weighted by Gasteiger charge is -2.22. The van der Waals surface area contributed by atoms with Crippen LogP contribution in [0, 0.1) is 0 Å². The van der Waals surface area contributed by atoms with Gasteiger partial charge < -0.3 is 18.9 Å². The smallest absolute Gasteiger partial charge is 0.157 e. The van der Waals surface area contributed by atoms with Gasteiger partial charge in [-0.1, -0.05) is 25.7 Å². The molecule has 2 heterocycles. The highest BCUT2D eigenvalue weighted by molar-refractivity contribution is 4.55. The summed E-state index contributed by atoms with van der Waals surface area (Å²) in [7, 11) is 0. The molecule has 2 aliphatic rings. The van der Waals surface area contributed by atoms with Gasteiger partial charge in [-0.15, -0.1) is 0 Å². The molecule has 0 aliphatic carbocycles. The van der Waals surface area contributed by atoms with Crippen molar-refractivity contribution in [3.8, 4) is 0 Å². The van der Waals surface area contributed by atoms with Gasteiger partial charge >= 0.3 is 0 Å². The van der Waals surface area contributed by atoms with Crippen LogP contribution in [0.25, 0.3) is 0 Å². The number of unbranched alkanes of at least 4 members (excludes halogenated alkanes) is 5. The fraction of sp³-hybridized carbons (Fsp3) is 1.00. The Morgan fingerprint density at radius 2 is 1.05 bits per heavy atom. The standard InChI is InChI=1S/C18H34O4/c1(3-7-13-19-17-11-5-9-15-21-17)2-4-8-14-20-18-12-6-10-16-22-18/h17-18H,1-16H2. The van der Waals surface area contributed by atoms with Gasteiger partial charge in [0.2, 0.25) is 0 Å². The van der Waals surface area contributed by atoms with Crippen LogP contribution in [0.3, 0.4) is 0 Å². The van der Waals surface area contributed by atoms with Gasteiger partial charge in [0.1, 0.15) is 0 Å². The van der Waals surface area contributed by atoms with E-state index in [4.69, 9.17) is 18.9 Å². The van der Waals surface area contributed by atoms with Crippen molar-refractivity contribution in [1.29, 1.82) is 0 Å². The van der Waals surface area contributed by atoms with Gasteiger partial charge in [0.05, 0.1) is 0 Å². The average Bonchev–Trinajstić information content (AvgIpc) is 2.58. The summed E-state index contributed by atoms with van der Waals surface area (Å²) in [5.41, 5.74) is 0. The van der Waals surface area contributed by atoms with Crippen LogP contribution >= 0.6 is 0 Å². The first kappa shape index (κ1) is 18.2. The summed E-state index contributed by atoms with van der Waals surface area (Å²) >= 11 is 0. The lowest BCUT2D eigenvalue weighted by molar-refractivity contribution is -0.163. The van der Waals surface area contributed by atoms with Crippen LogP contribution in [0.5, 0.6) is 0 Å². The predicted octanol–water partition coefficient (Wildman–Crippen LogP) is 4.41. The number of hydrogen-bond donors (Lipinski definition) is 0. The van der Waals surface area contributed by atoms with Crippen LogP contribution in [0.2, 0.25) is 0 Å². The average molecular weight is 314 g/mol. The molecule has 0 bridgehead atoms. The molecule has 0 aromatic rings. The maximum absolute atomic E-state index is 5.74. The summed E-state index contributed by atoms with van der Waals surface area (Å²) < 4.78 is 22.6. The molecule has 2 saturated heterocycles. The van der Waals surface area contributed by atoms with Crippen molar-refractivity contribution in [3.05, 3.63) is 0 Å². The van der Waals surface area contributed by atoms with Crippen LogP contribution in [-0.4, -0.2) is 39.0 Å². The van der Waals surface area contributed by atoms with Crippen molar-refractivity contribution in [3.63, 3.8) is 0 Å². The normalized spacial score (nSPS) is 26.2. The summed E-state index contributed by atoms with van der Waals surface area (Å²) in [6, 6.07) is 0. The van der Waals surface area contributed by atoms with Gasteiger partial charge in [-0.2, -0.15) is 0 Å². The Hall–Kier alpha value is -0.160. The zero-order chi connectivity index (χ0) is 15.3. The van der Waals surface area contributed by atoms with E-state index in [1.807, 2.05) is 0 Å². The molecule has 2 rings (SSSR count). The number of rotatable bonds is 11. The third kappa shape index (κ3) is 8.47. The van der Waals surface area contributed by atoms with Crippen molar-refractivity contribution >= 4 is 0 Å². The highest BCUT2D eigenvalue weighted by Crippen LogP contribution is 2.16. The minimum Gasteiger partial charge on any atom is -0.353 e. The largest absolute Gasteiger partial charge is 0.353 e. The maximum Gasteiger partial charge on any atom is 0.157 e. The molecule has 2 unspecified atom stereocenters. The van der Waals surface area contributed by atoms with Crippen LogP contribution in [-0.2, 0) is 18.9 Å². The highest BCUT2D eigenvalue weighted by Gasteiger charge is 2.14. The Morgan fingerprint density at radius 3 is 1.45 bits per heavy atom. The minimum atomic E-state index is 0.0768. The predicted molar refractivity (Wildman–Crippen MR) is 86.8 cm³/mol. The van der Waals surface area contributed by atoms with Gasteiger partial charge in [0, 0.05) is 26.4 Å². The second-order valence-corrected chi connectivity index (χ2v) is 6.46. The molecule has 0 radical (unpaired) electrons. The van der Waals surface area contributed by atoms with E-state index in [2.05, 4.69) is 0 Å². The van der Waals surface area contributed by atoms with Crippen molar-refractivity contribution in [2.45, 2.75) is 89.6 Å². The maximum atomic E-state index is 5.74. The first-order chi connectivity index (χ1) is 10.9. The Balaban J connectivity index is 1.28. The first-order valence-electron chi connectivity index (χ1n) is 9.41. The van der Waals surface area contributed by atoms with E-state index < -0.39 is 0 Å². The molecule has 0 amide bonds. The van der Waals surface area contributed by atoms with E-state index in [0.29, 0.717) is 0 Å². The van der Waals surface area contributed by atoms with Crippen molar-refractivity contribution in [1.82, 2.24) is 0 Å². The zero-order valence-corrected chi connectivity index (χ0v) is 14.1. The van der Waals surface area contributed by atoms with E-state index in [1.54, 1.807) is 0 Å². The second kappa shape index (κ2) is 12.3. The summed E-state index contributed by atoms with van der Waals surface area (Å²) in [5, 5.41) is 0. The van der Waals surface area contributed by atoms with E-state index in [9.17, 15) is 0 Å². The van der Waals surface area contributed by atoms with Gasteiger partial charge in [0.15, 0.2) is 12.6 Å². The molecular weight excluding hydrogens is 280 g/mol. The summed E-state index contributed by atoms with van der Waals surface area (Å²) in [6.07, 6.45) is 14.6. The van der Waals surface area contributed by atoms with Crippen LogP contribution < -0.4 is 0 Å². The molecule has 4 heteroatoms. The summed E-state index contributed by atoms with van der Waals surface area (Å²) in [6.45, 7) is 3.46. The molecular formula is C18H34O4. The molecule has 4 nitrogen and oxygen atoms in total. The number of hydrogen-bond acceptors (Lipinski definition) is 4. The van der Waals surface area contributed by atoms with Gasteiger partial charge in [-0.3, -0.25) is 0 Å². The summed E-state index contributed by atoms with van der Waals surface area (Å²) in [4.78, 5) is 0. The molecule has 2 atom stereocenters. The Bertz CT molecular complexity index is 221. The third-order valence-corrected chi connectivity index (χ3v) is 4.42. The quantitative estimate of drug-likeness (QED) is 0.529. The Morgan fingerprint density at radius 1 is 0.591 bits per heavy atom. The molecule has 0 N–H and O–H groups in total. The van der Waals surface area contributed by atoms with Crippen LogP contribution in [0.1, 0.15) is 77.0 Å². The first-order valence-corrected chi connectivity index (χ1v) is 9.41. The fourth-order valence-electron chi connectivity index (χ4n) is 3.03. The molecule has 0 aromatic heterocycles. The second-order valence-electron chi connectivity index (χ2n) is 6.46. The zero-order valence-electron chi connectivity index (χ0n) is 14.1. The van der Waals surface area contributed by atoms with E-state index in [-0.39, 0.29) is 12.6 Å². The number of ether oxygens (including phenoxy) is 4. The van der Waals surface area contributed by atoms with Gasteiger partial charge in [-0.25, -0.2) is 0 Å². The molecule has 0 aromatic carbocycles. The van der Waals surface area contributed by atoms with Crippen molar-refractivity contribution in [2.75, 3.05) is 26.4 Å². The van der Waals surface area contributed by atoms with Gasteiger partial charge in [-0.05, 0) is 51.4 Å². The molecule has 0 saturated carbocycles.